The fourth-order valence-corrected chi connectivity index (χ4v) is 2.46. The van der Waals surface area contributed by atoms with Crippen molar-refractivity contribution in [3.05, 3.63) is 35.4 Å². The van der Waals surface area contributed by atoms with E-state index < -0.39 is 11.9 Å². The smallest absolute Gasteiger partial charge is 0.310 e. The highest BCUT2D eigenvalue weighted by molar-refractivity contribution is 5.75. The van der Waals surface area contributed by atoms with Crippen LogP contribution in [-0.2, 0) is 20.8 Å². The Morgan fingerprint density at radius 2 is 2.19 bits per heavy atom. The van der Waals surface area contributed by atoms with E-state index in [0.29, 0.717) is 6.61 Å². The van der Waals surface area contributed by atoms with Gasteiger partial charge in [-0.1, -0.05) is 24.3 Å². The molecule has 1 heterocycles. The second-order valence-corrected chi connectivity index (χ2v) is 5.59. The Morgan fingerprint density at radius 3 is 2.71 bits per heavy atom. The number of methoxy groups -OCH3 is 1. The van der Waals surface area contributed by atoms with Crippen LogP contribution in [0.5, 0.6) is 0 Å². The predicted molar refractivity (Wildman–Crippen MR) is 79.4 cm³/mol. The molecule has 1 aromatic carbocycles. The highest BCUT2D eigenvalue weighted by atomic mass is 16.5. The molecular formula is C16H23NO4. The standard InChI is InChI=1S/C16H23NO4/c1-12(15(18)19)14-5-3-13(4-6-14)9-17-10-16(20-2)7-8-21-11-16/h3-6,12,17H,7-11H2,1-2H3,(H,18,19). The number of aliphatic carboxylic acids is 1. The first-order valence-electron chi connectivity index (χ1n) is 7.21. The van der Waals surface area contributed by atoms with Gasteiger partial charge in [0.15, 0.2) is 0 Å². The van der Waals surface area contributed by atoms with Crippen LogP contribution in [-0.4, -0.2) is 43.5 Å². The summed E-state index contributed by atoms with van der Waals surface area (Å²) in [5.41, 5.74) is 1.74. The van der Waals surface area contributed by atoms with Gasteiger partial charge in [-0.25, -0.2) is 0 Å². The van der Waals surface area contributed by atoms with Crippen molar-refractivity contribution in [1.82, 2.24) is 5.32 Å². The number of carbonyl (C=O) groups is 1. The normalized spacial score (nSPS) is 23.1. The van der Waals surface area contributed by atoms with Crippen molar-refractivity contribution in [2.75, 3.05) is 26.9 Å². The number of hydrogen-bond acceptors (Lipinski definition) is 4. The minimum atomic E-state index is -0.802. The van der Waals surface area contributed by atoms with E-state index in [9.17, 15) is 4.79 Å². The Bertz CT molecular complexity index is 466. The van der Waals surface area contributed by atoms with Gasteiger partial charge in [-0.15, -0.1) is 0 Å². The van der Waals surface area contributed by atoms with Crippen molar-refractivity contribution in [2.45, 2.75) is 31.4 Å². The summed E-state index contributed by atoms with van der Waals surface area (Å²) in [6.07, 6.45) is 0.908. The van der Waals surface area contributed by atoms with Gasteiger partial charge in [0, 0.05) is 33.2 Å². The molecule has 2 N–H and O–H groups in total. The summed E-state index contributed by atoms with van der Waals surface area (Å²) in [7, 11) is 1.72. The molecule has 1 aliphatic heterocycles. The number of carboxylic acid groups (broad SMARTS) is 1. The summed E-state index contributed by atoms with van der Waals surface area (Å²) in [6.45, 7) is 4.55. The van der Waals surface area contributed by atoms with Crippen LogP contribution in [0.4, 0.5) is 0 Å². The van der Waals surface area contributed by atoms with Crippen LogP contribution in [0.2, 0.25) is 0 Å². The van der Waals surface area contributed by atoms with Gasteiger partial charge in [-0.05, 0) is 18.1 Å². The van der Waals surface area contributed by atoms with Crippen molar-refractivity contribution in [2.24, 2.45) is 0 Å². The van der Waals surface area contributed by atoms with Gasteiger partial charge in [0.05, 0.1) is 12.5 Å². The molecule has 0 aliphatic carbocycles. The molecular weight excluding hydrogens is 270 g/mol. The molecule has 0 amide bonds. The summed E-state index contributed by atoms with van der Waals surface area (Å²) >= 11 is 0. The fourth-order valence-electron chi connectivity index (χ4n) is 2.46. The Balaban J connectivity index is 1.85. The zero-order valence-electron chi connectivity index (χ0n) is 12.6. The third-order valence-electron chi connectivity index (χ3n) is 4.13. The molecule has 0 radical (unpaired) electrons. The minimum Gasteiger partial charge on any atom is -0.481 e. The van der Waals surface area contributed by atoms with Crippen molar-refractivity contribution in [3.8, 4) is 0 Å². The summed E-state index contributed by atoms with van der Waals surface area (Å²) in [5.74, 6) is -1.27. The van der Waals surface area contributed by atoms with Crippen LogP contribution in [0.15, 0.2) is 24.3 Å². The summed E-state index contributed by atoms with van der Waals surface area (Å²) < 4.78 is 11.0. The molecule has 5 heteroatoms. The monoisotopic (exact) mass is 293 g/mol. The van der Waals surface area contributed by atoms with E-state index in [1.54, 1.807) is 14.0 Å². The Labute approximate surface area is 125 Å². The molecule has 1 saturated heterocycles. The number of carboxylic acids is 1. The molecule has 116 valence electrons. The van der Waals surface area contributed by atoms with Crippen molar-refractivity contribution in [3.63, 3.8) is 0 Å². The molecule has 21 heavy (non-hydrogen) atoms. The predicted octanol–water partition coefficient (Wildman–Crippen LogP) is 1.77. The molecule has 2 rings (SSSR count). The lowest BCUT2D eigenvalue weighted by molar-refractivity contribution is -0.138. The first-order valence-corrected chi connectivity index (χ1v) is 7.21. The Kier molecular flexibility index (Phi) is 5.33. The number of nitrogens with one attached hydrogen (secondary N) is 1. The van der Waals surface area contributed by atoms with E-state index in [0.717, 1.165) is 37.2 Å². The van der Waals surface area contributed by atoms with Crippen molar-refractivity contribution in [1.29, 1.82) is 0 Å². The molecule has 5 nitrogen and oxygen atoms in total. The molecule has 1 aliphatic rings. The number of benzene rings is 1. The summed E-state index contributed by atoms with van der Waals surface area (Å²) in [5, 5.41) is 12.4. The average Bonchev–Trinajstić information content (AvgIpc) is 2.96. The van der Waals surface area contributed by atoms with Gasteiger partial charge in [0.2, 0.25) is 0 Å². The third kappa shape index (κ3) is 4.03. The van der Waals surface area contributed by atoms with Gasteiger partial charge in [-0.3, -0.25) is 4.79 Å². The van der Waals surface area contributed by atoms with E-state index in [-0.39, 0.29) is 5.60 Å². The fraction of sp³-hybridized carbons (Fsp3) is 0.562. The summed E-state index contributed by atoms with van der Waals surface area (Å²) in [4.78, 5) is 10.9. The van der Waals surface area contributed by atoms with Crippen LogP contribution < -0.4 is 5.32 Å². The van der Waals surface area contributed by atoms with E-state index in [2.05, 4.69) is 5.32 Å². The zero-order valence-corrected chi connectivity index (χ0v) is 12.6. The highest BCUT2D eigenvalue weighted by Gasteiger charge is 2.34. The van der Waals surface area contributed by atoms with Crippen molar-refractivity contribution >= 4 is 5.97 Å². The van der Waals surface area contributed by atoms with E-state index >= 15 is 0 Å². The first-order chi connectivity index (χ1) is 10.1. The zero-order chi connectivity index (χ0) is 15.3. The van der Waals surface area contributed by atoms with E-state index in [1.807, 2.05) is 24.3 Å². The largest absolute Gasteiger partial charge is 0.481 e. The molecule has 0 saturated carbocycles. The van der Waals surface area contributed by atoms with E-state index in [4.69, 9.17) is 14.6 Å². The second kappa shape index (κ2) is 7.02. The van der Waals surface area contributed by atoms with Gasteiger partial charge in [-0.2, -0.15) is 0 Å². The van der Waals surface area contributed by atoms with Crippen LogP contribution in [0.3, 0.4) is 0 Å². The Hall–Kier alpha value is -1.43. The van der Waals surface area contributed by atoms with Gasteiger partial charge in [0.1, 0.15) is 5.60 Å². The van der Waals surface area contributed by atoms with E-state index in [1.165, 1.54) is 0 Å². The molecule has 1 fully saturated rings. The highest BCUT2D eigenvalue weighted by Crippen LogP contribution is 2.21. The van der Waals surface area contributed by atoms with Crippen LogP contribution in [0.25, 0.3) is 0 Å². The molecule has 0 spiro atoms. The number of rotatable bonds is 7. The minimum absolute atomic E-state index is 0.211. The summed E-state index contributed by atoms with van der Waals surface area (Å²) in [6, 6.07) is 7.68. The van der Waals surface area contributed by atoms with Gasteiger partial charge in [0.25, 0.3) is 0 Å². The molecule has 2 unspecified atom stereocenters. The molecule has 2 atom stereocenters. The van der Waals surface area contributed by atoms with Crippen LogP contribution >= 0.6 is 0 Å². The van der Waals surface area contributed by atoms with Gasteiger partial charge < -0.3 is 19.9 Å². The third-order valence-corrected chi connectivity index (χ3v) is 4.13. The number of hydrogen-bond donors (Lipinski definition) is 2. The lowest BCUT2D eigenvalue weighted by Crippen LogP contribution is -2.42. The maximum absolute atomic E-state index is 10.9. The molecule has 0 bridgehead atoms. The lowest BCUT2D eigenvalue weighted by Gasteiger charge is -2.26. The second-order valence-electron chi connectivity index (χ2n) is 5.59. The molecule has 1 aromatic rings. The SMILES string of the molecule is COC1(CNCc2ccc(C(C)C(=O)O)cc2)CCOC1. The Morgan fingerprint density at radius 1 is 1.48 bits per heavy atom. The molecule has 0 aromatic heterocycles. The lowest BCUT2D eigenvalue weighted by atomic mass is 10.00. The maximum atomic E-state index is 10.9. The number of ether oxygens (including phenoxy) is 2. The quantitative estimate of drug-likeness (QED) is 0.802. The average molecular weight is 293 g/mol. The van der Waals surface area contributed by atoms with Crippen molar-refractivity contribution < 1.29 is 19.4 Å². The van der Waals surface area contributed by atoms with Crippen LogP contribution in [0, 0.1) is 0 Å². The maximum Gasteiger partial charge on any atom is 0.310 e. The van der Waals surface area contributed by atoms with Gasteiger partial charge >= 0.3 is 5.97 Å². The van der Waals surface area contributed by atoms with Crippen LogP contribution in [0.1, 0.15) is 30.4 Å². The topological polar surface area (TPSA) is 67.8 Å². The first kappa shape index (κ1) is 15.9.